The van der Waals surface area contributed by atoms with Crippen molar-refractivity contribution in [2.24, 2.45) is 5.92 Å². The molecule has 3 atom stereocenters. The second kappa shape index (κ2) is 1.47. The van der Waals surface area contributed by atoms with E-state index in [2.05, 4.69) is 0 Å². The smallest absolute Gasteiger partial charge is 0.148 e. The number of halogens is 2. The Labute approximate surface area is 53.2 Å². The fraction of sp³-hybridized carbons (Fsp3) is 1.00. The molecule has 0 N–H and O–H groups in total. The van der Waals surface area contributed by atoms with Crippen LogP contribution in [0, 0.1) is 5.92 Å². The van der Waals surface area contributed by atoms with E-state index in [1.165, 1.54) is 0 Å². The van der Waals surface area contributed by atoms with Crippen molar-refractivity contribution in [1.29, 1.82) is 0 Å². The van der Waals surface area contributed by atoms with Gasteiger partial charge in [0.25, 0.3) is 0 Å². The Kier molecular flexibility index (Phi) is 0.920. The van der Waals surface area contributed by atoms with Crippen molar-refractivity contribution < 1.29 is 8.78 Å². The van der Waals surface area contributed by atoms with Gasteiger partial charge >= 0.3 is 0 Å². The number of rotatable bonds is 0. The van der Waals surface area contributed by atoms with E-state index < -0.39 is 11.8 Å². The molecule has 0 aromatic heterocycles. The van der Waals surface area contributed by atoms with Gasteiger partial charge in [0.15, 0.2) is 0 Å². The van der Waals surface area contributed by atoms with Gasteiger partial charge < -0.3 is 0 Å². The van der Waals surface area contributed by atoms with Gasteiger partial charge in [0, 0.05) is 5.92 Å². The molecule has 2 aliphatic rings. The van der Waals surface area contributed by atoms with E-state index in [-0.39, 0.29) is 5.92 Å². The van der Waals surface area contributed by atoms with Gasteiger partial charge in [-0.05, 0) is 12.8 Å². The predicted molar refractivity (Wildman–Crippen MR) is 30.7 cm³/mol. The van der Waals surface area contributed by atoms with Crippen LogP contribution in [0.4, 0.5) is 8.78 Å². The lowest BCUT2D eigenvalue weighted by Gasteiger charge is -2.10. The highest BCUT2D eigenvalue weighted by atomic mass is 19.2. The van der Waals surface area contributed by atoms with Gasteiger partial charge in [0.05, 0.1) is 0 Å². The van der Waals surface area contributed by atoms with E-state index in [4.69, 9.17) is 0 Å². The third kappa shape index (κ3) is 0.565. The van der Waals surface area contributed by atoms with Crippen molar-refractivity contribution in [2.45, 2.75) is 37.5 Å². The van der Waals surface area contributed by atoms with E-state index in [0.717, 1.165) is 19.3 Å². The van der Waals surface area contributed by atoms with Gasteiger partial charge in [0.1, 0.15) is 11.8 Å². The third-order valence-corrected chi connectivity index (χ3v) is 2.64. The molecule has 52 valence electrons. The highest BCUT2D eigenvalue weighted by Crippen LogP contribution is 2.58. The van der Waals surface area contributed by atoms with E-state index in [1.54, 1.807) is 0 Å². The summed E-state index contributed by atoms with van der Waals surface area (Å²) in [6.07, 6.45) is 2.04. The molecule has 0 nitrogen and oxygen atoms in total. The Balaban J connectivity index is 2.10. The summed E-state index contributed by atoms with van der Waals surface area (Å²) in [5, 5.41) is 0. The molecule has 2 rings (SSSR count). The lowest BCUT2D eigenvalue weighted by atomic mass is 9.99. The molecule has 2 aliphatic carbocycles. The van der Waals surface area contributed by atoms with Crippen LogP contribution in [0.2, 0.25) is 0 Å². The third-order valence-electron chi connectivity index (χ3n) is 2.64. The first-order valence-corrected chi connectivity index (χ1v) is 3.58. The van der Waals surface area contributed by atoms with Crippen LogP contribution in [0.1, 0.15) is 25.7 Å². The minimum absolute atomic E-state index is 0.216. The predicted octanol–water partition coefficient (Wildman–Crippen LogP) is 2.24. The summed E-state index contributed by atoms with van der Waals surface area (Å²) in [5.74, 6) is -0.216. The maximum atomic E-state index is 13.0. The summed E-state index contributed by atoms with van der Waals surface area (Å²) in [4.78, 5) is 0. The lowest BCUT2D eigenvalue weighted by molar-refractivity contribution is 0.203. The standard InChI is InChI=1S/C7H10F2/c8-6-5-3-1-2-4-7(5,6)9/h5-6H,1-4H2/t5-,6-,7+/m1/s1. The fourth-order valence-electron chi connectivity index (χ4n) is 1.91. The molecule has 0 unspecified atom stereocenters. The first kappa shape index (κ1) is 5.63. The Bertz CT molecular complexity index is 135. The van der Waals surface area contributed by atoms with Gasteiger partial charge in [-0.15, -0.1) is 0 Å². The number of hydrogen-bond donors (Lipinski definition) is 0. The molecule has 0 spiro atoms. The van der Waals surface area contributed by atoms with Gasteiger partial charge in [-0.2, -0.15) is 0 Å². The van der Waals surface area contributed by atoms with Gasteiger partial charge in [-0.1, -0.05) is 12.8 Å². The molecular formula is C7H10F2. The average molecular weight is 132 g/mol. The van der Waals surface area contributed by atoms with Gasteiger partial charge in [-0.25, -0.2) is 8.78 Å². The summed E-state index contributed by atoms with van der Waals surface area (Å²) in [6, 6.07) is 0. The largest absolute Gasteiger partial charge is 0.244 e. The minimum atomic E-state index is -1.36. The van der Waals surface area contributed by atoms with E-state index in [0.29, 0.717) is 6.42 Å². The second-order valence-electron chi connectivity index (χ2n) is 3.18. The Morgan fingerprint density at radius 2 is 2.11 bits per heavy atom. The Hall–Kier alpha value is -0.140. The average Bonchev–Trinajstić information content (AvgIpc) is 2.38. The molecular weight excluding hydrogens is 122 g/mol. The SMILES string of the molecule is F[C@@H]1[C@H]2CCCC[C@@]12F. The lowest BCUT2D eigenvalue weighted by Crippen LogP contribution is -2.09. The summed E-state index contributed by atoms with van der Waals surface area (Å²) in [6.45, 7) is 0. The molecule has 2 fully saturated rings. The maximum Gasteiger partial charge on any atom is 0.148 e. The van der Waals surface area contributed by atoms with Gasteiger partial charge in [0.2, 0.25) is 0 Å². The van der Waals surface area contributed by atoms with Crippen LogP contribution in [-0.4, -0.2) is 11.8 Å². The molecule has 0 aromatic carbocycles. The molecule has 0 saturated heterocycles. The molecule has 0 aromatic rings. The van der Waals surface area contributed by atoms with Crippen molar-refractivity contribution in [3.63, 3.8) is 0 Å². The minimum Gasteiger partial charge on any atom is -0.244 e. The molecule has 0 bridgehead atoms. The molecule has 2 heteroatoms. The van der Waals surface area contributed by atoms with Crippen molar-refractivity contribution >= 4 is 0 Å². The zero-order valence-electron chi connectivity index (χ0n) is 5.24. The van der Waals surface area contributed by atoms with Crippen LogP contribution < -0.4 is 0 Å². The maximum absolute atomic E-state index is 13.0. The zero-order valence-corrected chi connectivity index (χ0v) is 5.24. The van der Waals surface area contributed by atoms with Crippen molar-refractivity contribution in [2.75, 3.05) is 0 Å². The normalized spacial score (nSPS) is 56.7. The number of fused-ring (bicyclic) bond motifs is 1. The van der Waals surface area contributed by atoms with E-state index in [1.807, 2.05) is 0 Å². The van der Waals surface area contributed by atoms with Gasteiger partial charge in [-0.3, -0.25) is 0 Å². The highest BCUT2D eigenvalue weighted by Gasteiger charge is 2.67. The number of hydrogen-bond acceptors (Lipinski definition) is 0. The topological polar surface area (TPSA) is 0 Å². The summed E-state index contributed by atoms with van der Waals surface area (Å²) in [5.41, 5.74) is -1.36. The Morgan fingerprint density at radius 3 is 2.56 bits per heavy atom. The Morgan fingerprint density at radius 1 is 1.33 bits per heavy atom. The zero-order chi connectivity index (χ0) is 6.48. The quantitative estimate of drug-likeness (QED) is 0.474. The molecule has 0 heterocycles. The van der Waals surface area contributed by atoms with Crippen LogP contribution in [0.25, 0.3) is 0 Å². The highest BCUT2D eigenvalue weighted by molar-refractivity contribution is 5.15. The fourth-order valence-corrected chi connectivity index (χ4v) is 1.91. The number of alkyl halides is 2. The molecule has 9 heavy (non-hydrogen) atoms. The molecule has 2 saturated carbocycles. The second-order valence-corrected chi connectivity index (χ2v) is 3.18. The molecule has 0 radical (unpaired) electrons. The van der Waals surface area contributed by atoms with Crippen molar-refractivity contribution in [1.82, 2.24) is 0 Å². The first-order valence-electron chi connectivity index (χ1n) is 3.58. The van der Waals surface area contributed by atoms with Crippen molar-refractivity contribution in [3.05, 3.63) is 0 Å². The van der Waals surface area contributed by atoms with E-state index >= 15 is 0 Å². The summed E-state index contributed by atoms with van der Waals surface area (Å²) >= 11 is 0. The van der Waals surface area contributed by atoms with Crippen LogP contribution in [0.5, 0.6) is 0 Å². The molecule has 0 aliphatic heterocycles. The first-order chi connectivity index (χ1) is 4.25. The van der Waals surface area contributed by atoms with Crippen LogP contribution in [-0.2, 0) is 0 Å². The summed E-state index contributed by atoms with van der Waals surface area (Å²) in [7, 11) is 0. The van der Waals surface area contributed by atoms with Crippen LogP contribution >= 0.6 is 0 Å². The molecule has 0 amide bonds. The van der Waals surface area contributed by atoms with Crippen LogP contribution in [0.3, 0.4) is 0 Å². The van der Waals surface area contributed by atoms with Crippen molar-refractivity contribution in [3.8, 4) is 0 Å². The summed E-state index contributed by atoms with van der Waals surface area (Å²) < 4.78 is 25.5. The van der Waals surface area contributed by atoms with Crippen LogP contribution in [0.15, 0.2) is 0 Å². The monoisotopic (exact) mass is 132 g/mol. The van der Waals surface area contributed by atoms with E-state index in [9.17, 15) is 8.78 Å².